The van der Waals surface area contributed by atoms with Gasteiger partial charge in [-0.05, 0) is 33.4 Å². The van der Waals surface area contributed by atoms with Gasteiger partial charge in [0, 0.05) is 12.6 Å². The number of nitrogens with one attached hydrogen (secondary N) is 1. The minimum atomic E-state index is -1.87. The smallest absolute Gasteiger partial charge is 0.374 e. The van der Waals surface area contributed by atoms with Gasteiger partial charge in [-0.25, -0.2) is 9.59 Å². The number of rotatable bonds is 2. The van der Waals surface area contributed by atoms with Crippen molar-refractivity contribution in [3.63, 3.8) is 0 Å². The highest BCUT2D eigenvalue weighted by atomic mass is 79.9. The highest BCUT2D eigenvalue weighted by Crippen LogP contribution is 2.55. The van der Waals surface area contributed by atoms with E-state index < -0.39 is 74.9 Å². The number of ketones is 2. The van der Waals surface area contributed by atoms with E-state index >= 15 is 0 Å². The zero-order valence-electron chi connectivity index (χ0n) is 20.6. The molecule has 1 spiro atoms. The average molecular weight is 616 g/mol. The summed E-state index contributed by atoms with van der Waals surface area (Å²) in [7, 11) is 2.53. The van der Waals surface area contributed by atoms with Crippen molar-refractivity contribution in [1.82, 2.24) is 0 Å². The summed E-state index contributed by atoms with van der Waals surface area (Å²) in [4.78, 5) is 51.4. The van der Waals surface area contributed by atoms with Crippen LogP contribution in [0.4, 0.5) is 5.69 Å². The molecule has 3 heterocycles. The zero-order valence-corrected chi connectivity index (χ0v) is 22.2. The Morgan fingerprint density at radius 3 is 2.45 bits per heavy atom. The fourth-order valence-electron chi connectivity index (χ4n) is 5.33. The summed E-state index contributed by atoms with van der Waals surface area (Å²) < 4.78 is 21.3. The third-order valence-electron chi connectivity index (χ3n) is 7.13. The van der Waals surface area contributed by atoms with Crippen LogP contribution in [0.2, 0.25) is 0 Å². The van der Waals surface area contributed by atoms with Gasteiger partial charge < -0.3 is 44.4 Å². The molecule has 0 radical (unpaired) electrons. The molecule has 2 aliphatic heterocycles. The highest BCUT2D eigenvalue weighted by Gasteiger charge is 2.55. The standard InChI is InChI=1S/C26H18BrNO12/c1-28-16-15(27)18(31)13-14(19(16)32)21(34)23-9(17(13)30)5-26(40-23)6-10(29)8-3-7-4-11(24(35)37-2)38-25(36)12(7)20(33)22(8)39-26/h3-4,10,28-29,31-33H,5-6H2,1-2H3. The van der Waals surface area contributed by atoms with Gasteiger partial charge >= 0.3 is 11.6 Å². The summed E-state index contributed by atoms with van der Waals surface area (Å²) in [6, 6.07) is 2.49. The summed E-state index contributed by atoms with van der Waals surface area (Å²) in [6.07, 6.45) is -2.07. The number of ether oxygens (including phenoxy) is 3. The van der Waals surface area contributed by atoms with E-state index in [1.165, 1.54) is 13.1 Å². The quantitative estimate of drug-likeness (QED) is 0.160. The minimum Gasteiger partial charge on any atom is -0.506 e. The van der Waals surface area contributed by atoms with E-state index in [0.717, 1.165) is 13.2 Å². The van der Waals surface area contributed by atoms with E-state index in [-0.39, 0.29) is 50.7 Å². The Hall–Kier alpha value is -4.56. The number of fused-ring (bicyclic) bond motifs is 3. The molecular formula is C26H18BrNO12. The third-order valence-corrected chi connectivity index (χ3v) is 7.90. The van der Waals surface area contributed by atoms with Gasteiger partial charge in [0.25, 0.3) is 5.79 Å². The molecule has 13 nitrogen and oxygen atoms in total. The lowest BCUT2D eigenvalue weighted by Gasteiger charge is -2.37. The van der Waals surface area contributed by atoms with Crippen LogP contribution in [0.3, 0.4) is 0 Å². The number of Topliss-reactive ketones (excluding diaryl/α,β-unsaturated/α-hetero) is 2. The average Bonchev–Trinajstić information content (AvgIpc) is 3.29. The van der Waals surface area contributed by atoms with Crippen LogP contribution in [0.15, 0.2) is 37.1 Å². The van der Waals surface area contributed by atoms with Crippen LogP contribution in [0.1, 0.15) is 55.8 Å². The molecule has 1 aliphatic carbocycles. The molecule has 0 saturated heterocycles. The Morgan fingerprint density at radius 2 is 1.77 bits per heavy atom. The number of hydrogen-bond donors (Lipinski definition) is 5. The number of halogens is 1. The highest BCUT2D eigenvalue weighted by molar-refractivity contribution is 9.10. The Balaban J connectivity index is 1.44. The van der Waals surface area contributed by atoms with E-state index in [4.69, 9.17) is 13.9 Å². The molecule has 2 aromatic carbocycles. The van der Waals surface area contributed by atoms with Crippen LogP contribution in [0, 0.1) is 0 Å². The number of methoxy groups -OCH3 is 1. The van der Waals surface area contributed by atoms with Crippen molar-refractivity contribution in [1.29, 1.82) is 0 Å². The second-order valence-electron chi connectivity index (χ2n) is 9.36. The number of carbonyl (C=O) groups is 3. The van der Waals surface area contributed by atoms with Crippen molar-refractivity contribution in [2.24, 2.45) is 0 Å². The molecule has 5 N–H and O–H groups in total. The summed E-state index contributed by atoms with van der Waals surface area (Å²) >= 11 is 3.11. The van der Waals surface area contributed by atoms with Gasteiger partial charge in [-0.3, -0.25) is 9.59 Å². The van der Waals surface area contributed by atoms with Gasteiger partial charge in [0.1, 0.15) is 11.1 Å². The van der Waals surface area contributed by atoms with Gasteiger partial charge in [-0.1, -0.05) is 0 Å². The number of aliphatic hydroxyl groups is 1. The molecular weight excluding hydrogens is 598 g/mol. The summed E-state index contributed by atoms with van der Waals surface area (Å²) in [5, 5.41) is 45.8. The van der Waals surface area contributed by atoms with Crippen LogP contribution in [-0.4, -0.2) is 57.9 Å². The van der Waals surface area contributed by atoms with Crippen LogP contribution in [-0.2, 0) is 9.47 Å². The van der Waals surface area contributed by atoms with E-state index in [2.05, 4.69) is 26.0 Å². The molecule has 0 fully saturated rings. The number of carbonyl (C=O) groups excluding carboxylic acids is 3. The maximum atomic E-state index is 13.5. The monoisotopic (exact) mass is 615 g/mol. The van der Waals surface area contributed by atoms with Crippen molar-refractivity contribution in [3.8, 4) is 23.0 Å². The number of hydrogen-bond acceptors (Lipinski definition) is 13. The number of phenols is 3. The van der Waals surface area contributed by atoms with Gasteiger partial charge in [0.2, 0.25) is 11.5 Å². The Morgan fingerprint density at radius 1 is 1.07 bits per heavy atom. The van der Waals surface area contributed by atoms with Crippen LogP contribution in [0.25, 0.3) is 10.8 Å². The molecule has 40 heavy (non-hydrogen) atoms. The lowest BCUT2D eigenvalue weighted by molar-refractivity contribution is -0.170. The first kappa shape index (κ1) is 25.7. The topological polar surface area (TPSA) is 202 Å². The summed E-state index contributed by atoms with van der Waals surface area (Å²) in [6.45, 7) is 0. The molecule has 206 valence electrons. The first-order chi connectivity index (χ1) is 18.9. The normalized spacial score (nSPS) is 21.1. The molecule has 14 heteroatoms. The molecule has 0 saturated carbocycles. The van der Waals surface area contributed by atoms with Crippen LogP contribution >= 0.6 is 15.9 Å². The van der Waals surface area contributed by atoms with Crippen molar-refractivity contribution in [3.05, 3.63) is 60.8 Å². The molecule has 3 aliphatic rings. The van der Waals surface area contributed by atoms with Crippen molar-refractivity contribution >= 4 is 49.9 Å². The number of phenolic OH excluding ortho intramolecular Hbond substituents is 3. The fraction of sp³-hybridized carbons (Fsp3) is 0.231. The maximum absolute atomic E-state index is 13.5. The molecule has 2 unspecified atom stereocenters. The van der Waals surface area contributed by atoms with Gasteiger partial charge in [-0.2, -0.15) is 0 Å². The van der Waals surface area contributed by atoms with Crippen molar-refractivity contribution in [2.75, 3.05) is 19.5 Å². The van der Waals surface area contributed by atoms with E-state index in [9.17, 15) is 39.6 Å². The number of aromatic hydroxyl groups is 3. The second-order valence-corrected chi connectivity index (χ2v) is 10.2. The number of allylic oxidation sites excluding steroid dienone is 1. The molecule has 0 amide bonds. The molecule has 6 rings (SSSR count). The van der Waals surface area contributed by atoms with Crippen LogP contribution in [0.5, 0.6) is 23.0 Å². The van der Waals surface area contributed by atoms with Crippen molar-refractivity contribution in [2.45, 2.75) is 24.7 Å². The zero-order chi connectivity index (χ0) is 28.8. The lowest BCUT2D eigenvalue weighted by atomic mass is 9.84. The summed E-state index contributed by atoms with van der Waals surface area (Å²) in [5.74, 6) is -7.60. The largest absolute Gasteiger partial charge is 0.506 e. The number of aliphatic hydroxyl groups excluding tert-OH is 1. The molecule has 1 aromatic heterocycles. The SMILES string of the molecule is CNc1c(O)c2c(c(O)c1Br)C(=O)C1=C(OC3(C1)CC(O)c1cc4cc(C(=O)OC)oc(=O)c4c(O)c1O3)C2=O. The first-order valence-electron chi connectivity index (χ1n) is 11.7. The Labute approximate surface area is 231 Å². The van der Waals surface area contributed by atoms with Crippen molar-refractivity contribution < 1.29 is 53.4 Å². The van der Waals surface area contributed by atoms with E-state index in [1.54, 1.807) is 0 Å². The lowest BCUT2D eigenvalue weighted by Crippen LogP contribution is -2.41. The first-order valence-corrected chi connectivity index (χ1v) is 12.5. The van der Waals surface area contributed by atoms with Crippen LogP contribution < -0.4 is 15.7 Å². The van der Waals surface area contributed by atoms with Gasteiger partial charge in [0.05, 0.1) is 52.9 Å². The fourth-order valence-corrected chi connectivity index (χ4v) is 5.91. The predicted molar refractivity (Wildman–Crippen MR) is 137 cm³/mol. The molecule has 3 aromatic rings. The van der Waals surface area contributed by atoms with Gasteiger partial charge in [-0.15, -0.1) is 0 Å². The second kappa shape index (κ2) is 8.47. The summed E-state index contributed by atoms with van der Waals surface area (Å²) in [5.41, 5.74) is -2.15. The van der Waals surface area contributed by atoms with E-state index in [1.807, 2.05) is 0 Å². The maximum Gasteiger partial charge on any atom is 0.374 e. The van der Waals surface area contributed by atoms with Gasteiger partial charge in [0.15, 0.2) is 28.8 Å². The number of anilines is 1. The predicted octanol–water partition coefficient (Wildman–Crippen LogP) is 2.77. The molecule has 0 bridgehead atoms. The number of esters is 1. The Bertz CT molecular complexity index is 1820. The number of benzene rings is 2. The Kier molecular flexibility index (Phi) is 5.44. The third kappa shape index (κ3) is 3.29. The molecule has 2 atom stereocenters. The van der Waals surface area contributed by atoms with E-state index in [0.29, 0.717) is 0 Å². The minimum absolute atomic E-state index is 0.0292.